The molecule has 0 saturated carbocycles. The molecule has 0 aromatic carbocycles. The van der Waals surface area contributed by atoms with Crippen LogP contribution < -0.4 is 29.6 Å². The summed E-state index contributed by atoms with van der Waals surface area (Å²) in [6.07, 6.45) is -7.61. The molecule has 0 aromatic rings. The summed E-state index contributed by atoms with van der Waals surface area (Å²) in [5.74, 6) is -32.6. The van der Waals surface area contributed by atoms with Gasteiger partial charge in [0.2, 0.25) is 0 Å². The first kappa shape index (κ1) is 26.2. The van der Waals surface area contributed by atoms with Crippen molar-refractivity contribution in [3.05, 3.63) is 0 Å². The van der Waals surface area contributed by atoms with E-state index in [1.807, 2.05) is 0 Å². The van der Waals surface area contributed by atoms with E-state index < -0.39 is 45.2 Å². The maximum Gasteiger partial charge on any atom is 1.00 e. The van der Waals surface area contributed by atoms with Crippen LogP contribution in [0.2, 0.25) is 0 Å². The summed E-state index contributed by atoms with van der Waals surface area (Å²) in [6, 6.07) is 0. The van der Waals surface area contributed by atoms with Gasteiger partial charge in [-0.05, 0) is 0 Å². The zero-order valence-electron chi connectivity index (χ0n) is 10.5. The zero-order chi connectivity index (χ0) is 19.5. The quantitative estimate of drug-likeness (QED) is 0.275. The smallest absolute Gasteiger partial charge is 0.743 e. The SMILES string of the molecule is O=S([O-])(=[18O])C(F)(F)C(F)(F)C(F)(F)C(F)(F)C(F)(F)C(F)(F)F.[Na+]. The first-order valence-electron chi connectivity index (χ1n) is 4.41. The molecular formula is C6F13NaO3S. The van der Waals surface area contributed by atoms with Crippen LogP contribution in [0.1, 0.15) is 0 Å². The van der Waals surface area contributed by atoms with Crippen LogP contribution in [-0.2, 0) is 10.1 Å². The maximum atomic E-state index is 12.7. The minimum atomic E-state index is -8.29. The number of hydrogen-bond donors (Lipinski definition) is 0. The molecule has 0 N–H and O–H groups in total. The van der Waals surface area contributed by atoms with E-state index in [1.54, 1.807) is 0 Å². The van der Waals surface area contributed by atoms with Gasteiger partial charge in [0.25, 0.3) is 0 Å². The van der Waals surface area contributed by atoms with E-state index in [0.29, 0.717) is 0 Å². The Kier molecular flexibility index (Phi) is 6.90. The van der Waals surface area contributed by atoms with Gasteiger partial charge in [-0.1, -0.05) is 0 Å². The monoisotopic (exact) mass is 424 g/mol. The van der Waals surface area contributed by atoms with Crippen molar-refractivity contribution < 1.29 is 99.6 Å². The maximum absolute atomic E-state index is 12.7. The van der Waals surface area contributed by atoms with Crippen molar-refractivity contribution in [2.75, 3.05) is 0 Å². The average molecular weight is 424 g/mol. The van der Waals surface area contributed by atoms with E-state index in [1.165, 1.54) is 0 Å². The van der Waals surface area contributed by atoms with Crippen LogP contribution in [0.25, 0.3) is 0 Å². The van der Waals surface area contributed by atoms with Gasteiger partial charge >= 0.3 is 64.7 Å². The van der Waals surface area contributed by atoms with E-state index in [4.69, 9.17) is 0 Å². The molecule has 0 heterocycles. The molecule has 0 bridgehead atoms. The van der Waals surface area contributed by atoms with Crippen LogP contribution in [0.5, 0.6) is 0 Å². The first-order valence-corrected chi connectivity index (χ1v) is 5.82. The fourth-order valence-corrected chi connectivity index (χ4v) is 1.35. The molecular weight excluding hydrogens is 424 g/mol. The van der Waals surface area contributed by atoms with E-state index in [0.717, 1.165) is 0 Å². The third-order valence-corrected chi connectivity index (χ3v) is 3.10. The third kappa shape index (κ3) is 3.33. The van der Waals surface area contributed by atoms with Crippen molar-refractivity contribution in [3.8, 4) is 0 Å². The van der Waals surface area contributed by atoms with E-state index in [-0.39, 0.29) is 29.6 Å². The van der Waals surface area contributed by atoms with Crippen LogP contribution in [0, 0.1) is 0 Å². The van der Waals surface area contributed by atoms with Gasteiger partial charge in [-0.25, -0.2) is 8.42 Å². The van der Waals surface area contributed by atoms with Gasteiger partial charge in [0.1, 0.15) is 0 Å². The van der Waals surface area contributed by atoms with Gasteiger partial charge in [0.05, 0.1) is 0 Å². The summed E-state index contributed by atoms with van der Waals surface area (Å²) in [5.41, 5.74) is 0. The largest absolute Gasteiger partial charge is 1.00 e. The standard InChI is InChI=1S/C6HF13O3S.Na/c7-1(8,3(11,12)5(15,16)17)2(9,10)4(13,14)6(18,19)23(20,21)22;/h(H,20,21,22);/q;+1/p-1/i20+2;. The average Bonchev–Trinajstić information content (AvgIpc) is 2.24. The molecule has 24 heavy (non-hydrogen) atoms. The fraction of sp³-hybridized carbons (Fsp3) is 1.00. The summed E-state index contributed by atoms with van der Waals surface area (Å²) in [4.78, 5) is 0. The van der Waals surface area contributed by atoms with Crippen LogP contribution in [0.15, 0.2) is 0 Å². The molecule has 1 atom stereocenters. The number of rotatable bonds is 5. The normalized spacial score (nSPS) is 17.9. The molecule has 3 nitrogen and oxygen atoms in total. The molecule has 0 rings (SSSR count). The Hall–Kier alpha value is -0.000000000000000444. The molecule has 140 valence electrons. The minimum absolute atomic E-state index is 0. The van der Waals surface area contributed by atoms with Crippen LogP contribution in [-0.4, -0.2) is 48.1 Å². The molecule has 0 fully saturated rings. The molecule has 0 aliphatic carbocycles. The van der Waals surface area contributed by atoms with Gasteiger partial charge in [0.15, 0.2) is 10.1 Å². The molecule has 0 aliphatic rings. The van der Waals surface area contributed by atoms with Crippen molar-refractivity contribution in [2.24, 2.45) is 0 Å². The molecule has 0 aliphatic heterocycles. The summed E-state index contributed by atoms with van der Waals surface area (Å²) in [6.45, 7) is 0. The summed E-state index contributed by atoms with van der Waals surface area (Å²) in [7, 11) is -7.86. The topological polar surface area (TPSA) is 57.2 Å². The van der Waals surface area contributed by atoms with Gasteiger partial charge in [-0.15, -0.1) is 0 Å². The Bertz CT molecular complexity index is 565. The minimum Gasteiger partial charge on any atom is -0.743 e. The third-order valence-electron chi connectivity index (χ3n) is 2.22. The second kappa shape index (κ2) is 6.31. The van der Waals surface area contributed by atoms with Crippen LogP contribution >= 0.6 is 0 Å². The van der Waals surface area contributed by atoms with Gasteiger partial charge in [0, 0.05) is 0 Å². The molecule has 0 aromatic heterocycles. The van der Waals surface area contributed by atoms with E-state index in [2.05, 4.69) is 0 Å². The van der Waals surface area contributed by atoms with Crippen molar-refractivity contribution in [1.82, 2.24) is 0 Å². The molecule has 18 heteroatoms. The summed E-state index contributed by atoms with van der Waals surface area (Å²) >= 11 is 0. The predicted molar refractivity (Wildman–Crippen MR) is 40.5 cm³/mol. The first-order chi connectivity index (χ1) is 9.50. The van der Waals surface area contributed by atoms with Gasteiger partial charge in [-0.2, -0.15) is 57.1 Å². The Labute approximate surface area is 145 Å². The summed E-state index contributed by atoms with van der Waals surface area (Å²) in [5, 5.41) is -7.63. The molecule has 0 amide bonds. The molecule has 0 spiro atoms. The molecule has 0 saturated heterocycles. The Morgan fingerprint density at radius 2 is 0.875 bits per heavy atom. The van der Waals surface area contributed by atoms with Crippen molar-refractivity contribution in [2.45, 2.75) is 35.1 Å². The fourth-order valence-electron chi connectivity index (χ4n) is 0.912. The van der Waals surface area contributed by atoms with Gasteiger partial charge < -0.3 is 4.55 Å². The van der Waals surface area contributed by atoms with Crippen LogP contribution in [0.4, 0.5) is 57.1 Å². The van der Waals surface area contributed by atoms with Crippen LogP contribution in [0.3, 0.4) is 0 Å². The second-order valence-corrected chi connectivity index (χ2v) is 5.19. The van der Waals surface area contributed by atoms with Crippen molar-refractivity contribution in [1.29, 1.82) is 0 Å². The zero-order valence-corrected chi connectivity index (χ0v) is 13.4. The Morgan fingerprint density at radius 1 is 0.625 bits per heavy atom. The predicted octanol–water partition coefficient (Wildman–Crippen LogP) is 0.232. The van der Waals surface area contributed by atoms with E-state index in [9.17, 15) is 70.0 Å². The Balaban J connectivity index is 0. The van der Waals surface area contributed by atoms with Crippen molar-refractivity contribution in [3.63, 3.8) is 0 Å². The number of alkyl halides is 13. The Morgan fingerprint density at radius 3 is 1.08 bits per heavy atom. The van der Waals surface area contributed by atoms with Gasteiger partial charge in [-0.3, -0.25) is 0 Å². The van der Waals surface area contributed by atoms with Crippen molar-refractivity contribution >= 4 is 10.1 Å². The second-order valence-electron chi connectivity index (χ2n) is 3.77. The number of hydrogen-bond acceptors (Lipinski definition) is 3. The number of halogens is 13. The molecule has 1 unspecified atom stereocenters. The molecule has 0 radical (unpaired) electrons. The van der Waals surface area contributed by atoms with E-state index >= 15 is 0 Å². The summed E-state index contributed by atoms with van der Waals surface area (Å²) < 4.78 is 189.